The topological polar surface area (TPSA) is 52.0 Å². The predicted molar refractivity (Wildman–Crippen MR) is 55.9 cm³/mol. The summed E-state index contributed by atoms with van der Waals surface area (Å²) in [5, 5.41) is 2.09. The van der Waals surface area contributed by atoms with Crippen LogP contribution in [0.15, 0.2) is 40.9 Å². The zero-order valence-electron chi connectivity index (χ0n) is 7.40. The Labute approximate surface area is 80.1 Å². The highest BCUT2D eigenvalue weighted by Crippen LogP contribution is 2.27. The maximum atomic E-state index is 5.67. The van der Waals surface area contributed by atoms with E-state index in [1.165, 1.54) is 0 Å². The van der Waals surface area contributed by atoms with Crippen molar-refractivity contribution < 1.29 is 4.42 Å². The number of nitrogens with zero attached hydrogens (tertiary/aromatic N) is 1. The number of furan rings is 1. The molecule has 3 nitrogen and oxygen atoms in total. The summed E-state index contributed by atoms with van der Waals surface area (Å²) in [6, 6.07) is 9.53. The Hall–Kier alpha value is -2.03. The molecule has 3 heteroatoms. The molecule has 3 rings (SSSR count). The quantitative estimate of drug-likeness (QED) is 0.546. The molecule has 3 aromatic rings. The highest BCUT2D eigenvalue weighted by atomic mass is 16.3. The van der Waals surface area contributed by atoms with Crippen molar-refractivity contribution in [2.24, 2.45) is 0 Å². The van der Waals surface area contributed by atoms with Gasteiger partial charge < -0.3 is 10.2 Å². The second-order valence-corrected chi connectivity index (χ2v) is 3.21. The Bertz CT molecular complexity index is 613. The lowest BCUT2D eigenvalue weighted by Gasteiger charge is -1.90. The lowest BCUT2D eigenvalue weighted by atomic mass is 10.2. The van der Waals surface area contributed by atoms with Gasteiger partial charge in [0.25, 0.3) is 0 Å². The molecule has 68 valence electrons. The van der Waals surface area contributed by atoms with Gasteiger partial charge in [-0.15, -0.1) is 0 Å². The van der Waals surface area contributed by atoms with Gasteiger partial charge in [0.05, 0.1) is 0 Å². The molecule has 0 atom stereocenters. The number of hydrogen-bond donors (Lipinski definition) is 1. The smallest absolute Gasteiger partial charge is 0.227 e. The van der Waals surface area contributed by atoms with E-state index in [9.17, 15) is 0 Å². The first-order valence-corrected chi connectivity index (χ1v) is 4.37. The molecule has 0 bridgehead atoms. The Morgan fingerprint density at radius 2 is 2.07 bits per heavy atom. The van der Waals surface area contributed by atoms with Crippen LogP contribution in [0.1, 0.15) is 0 Å². The third-order valence-corrected chi connectivity index (χ3v) is 2.27. The molecule has 0 saturated carbocycles. The van der Waals surface area contributed by atoms with E-state index >= 15 is 0 Å². The van der Waals surface area contributed by atoms with E-state index in [4.69, 9.17) is 10.2 Å². The number of rotatable bonds is 0. The molecular formula is C11H8N2O. The molecule has 2 aromatic heterocycles. The molecule has 2 N–H and O–H groups in total. The number of anilines is 1. The average molecular weight is 184 g/mol. The maximum absolute atomic E-state index is 5.67. The average Bonchev–Trinajstić information content (AvgIpc) is 2.54. The van der Waals surface area contributed by atoms with Gasteiger partial charge in [-0.3, -0.25) is 0 Å². The largest absolute Gasteiger partial charge is 0.438 e. The summed E-state index contributed by atoms with van der Waals surface area (Å²) in [5.41, 5.74) is 7.82. The third kappa shape index (κ3) is 0.893. The molecule has 0 aliphatic rings. The molecule has 0 saturated heterocycles. The molecule has 1 aromatic carbocycles. The van der Waals surface area contributed by atoms with E-state index in [0.29, 0.717) is 11.4 Å². The van der Waals surface area contributed by atoms with Crippen molar-refractivity contribution in [2.45, 2.75) is 0 Å². The zero-order valence-corrected chi connectivity index (χ0v) is 7.40. The van der Waals surface area contributed by atoms with Gasteiger partial charge in [0, 0.05) is 28.7 Å². The minimum Gasteiger partial charge on any atom is -0.438 e. The number of nitrogen functional groups attached to an aromatic ring is 1. The van der Waals surface area contributed by atoms with Crippen molar-refractivity contribution in [1.82, 2.24) is 4.98 Å². The Morgan fingerprint density at radius 3 is 3.00 bits per heavy atom. The standard InChI is InChI=1S/C11H8N2O/c12-7-3-4-8-9-2-1-5-13-11(9)14-10(8)6-7/h1-6H,12H2. The SMILES string of the molecule is Nc1ccc2c(c1)oc1ncccc12. The highest BCUT2D eigenvalue weighted by molar-refractivity contribution is 6.04. The van der Waals surface area contributed by atoms with Gasteiger partial charge in [0.2, 0.25) is 5.71 Å². The van der Waals surface area contributed by atoms with Crippen LogP contribution in [0.5, 0.6) is 0 Å². The van der Waals surface area contributed by atoms with Crippen molar-refractivity contribution >= 4 is 27.8 Å². The summed E-state index contributed by atoms with van der Waals surface area (Å²) >= 11 is 0. The molecule has 2 heterocycles. The molecule has 14 heavy (non-hydrogen) atoms. The van der Waals surface area contributed by atoms with Gasteiger partial charge in [-0.2, -0.15) is 0 Å². The van der Waals surface area contributed by atoms with Crippen LogP contribution >= 0.6 is 0 Å². The molecular weight excluding hydrogens is 176 g/mol. The van der Waals surface area contributed by atoms with Gasteiger partial charge in [0.15, 0.2) is 0 Å². The van der Waals surface area contributed by atoms with E-state index < -0.39 is 0 Å². The summed E-state index contributed by atoms with van der Waals surface area (Å²) < 4.78 is 5.54. The second-order valence-electron chi connectivity index (χ2n) is 3.21. The van der Waals surface area contributed by atoms with Gasteiger partial charge in [-0.05, 0) is 24.3 Å². The van der Waals surface area contributed by atoms with Crippen molar-refractivity contribution in [2.75, 3.05) is 5.73 Å². The predicted octanol–water partition coefficient (Wildman–Crippen LogP) is 2.56. The normalized spacial score (nSPS) is 11.1. The van der Waals surface area contributed by atoms with E-state index in [1.807, 2.05) is 30.3 Å². The lowest BCUT2D eigenvalue weighted by molar-refractivity contribution is 0.654. The minimum atomic E-state index is 0.660. The van der Waals surface area contributed by atoms with Crippen LogP contribution < -0.4 is 5.73 Å². The van der Waals surface area contributed by atoms with E-state index in [1.54, 1.807) is 6.20 Å². The first-order chi connectivity index (χ1) is 6.84. The fourth-order valence-electron chi connectivity index (χ4n) is 1.63. The van der Waals surface area contributed by atoms with Crippen molar-refractivity contribution in [3.8, 4) is 0 Å². The Morgan fingerprint density at radius 1 is 1.14 bits per heavy atom. The number of hydrogen-bond acceptors (Lipinski definition) is 3. The number of pyridine rings is 1. The van der Waals surface area contributed by atoms with E-state index in [2.05, 4.69) is 4.98 Å². The molecule has 0 spiro atoms. The zero-order chi connectivity index (χ0) is 9.54. The van der Waals surface area contributed by atoms with Gasteiger partial charge in [0.1, 0.15) is 5.58 Å². The fourth-order valence-corrected chi connectivity index (χ4v) is 1.63. The summed E-state index contributed by atoms with van der Waals surface area (Å²) in [7, 11) is 0. The first kappa shape index (κ1) is 7.38. The highest BCUT2D eigenvalue weighted by Gasteiger charge is 2.06. The number of benzene rings is 1. The van der Waals surface area contributed by atoms with Crippen LogP contribution in [0.25, 0.3) is 22.1 Å². The first-order valence-electron chi connectivity index (χ1n) is 4.37. The van der Waals surface area contributed by atoms with Crippen LogP contribution in [0.3, 0.4) is 0 Å². The monoisotopic (exact) mass is 184 g/mol. The van der Waals surface area contributed by atoms with Crippen LogP contribution in [-0.2, 0) is 0 Å². The van der Waals surface area contributed by atoms with Crippen molar-refractivity contribution in [3.05, 3.63) is 36.5 Å². The van der Waals surface area contributed by atoms with Crippen LogP contribution in [0, 0.1) is 0 Å². The summed E-state index contributed by atoms with van der Waals surface area (Å²) in [4.78, 5) is 4.14. The van der Waals surface area contributed by atoms with Crippen LogP contribution in [0.2, 0.25) is 0 Å². The molecule has 0 unspecified atom stereocenters. The molecule has 0 radical (unpaired) electrons. The lowest BCUT2D eigenvalue weighted by Crippen LogP contribution is -1.81. The van der Waals surface area contributed by atoms with Gasteiger partial charge >= 0.3 is 0 Å². The van der Waals surface area contributed by atoms with Crippen molar-refractivity contribution in [3.63, 3.8) is 0 Å². The number of aromatic nitrogens is 1. The summed E-state index contributed by atoms with van der Waals surface area (Å²) in [6.45, 7) is 0. The van der Waals surface area contributed by atoms with Crippen molar-refractivity contribution in [1.29, 1.82) is 0 Å². The van der Waals surface area contributed by atoms with E-state index in [-0.39, 0.29) is 0 Å². The minimum absolute atomic E-state index is 0.660. The molecule has 0 aliphatic carbocycles. The van der Waals surface area contributed by atoms with Gasteiger partial charge in [-0.25, -0.2) is 4.98 Å². The number of nitrogens with two attached hydrogens (primary N) is 1. The molecule has 0 fully saturated rings. The Kier molecular flexibility index (Phi) is 1.31. The van der Waals surface area contributed by atoms with Crippen LogP contribution in [-0.4, -0.2) is 4.98 Å². The molecule has 0 amide bonds. The van der Waals surface area contributed by atoms with Crippen LogP contribution in [0.4, 0.5) is 5.69 Å². The fraction of sp³-hybridized carbons (Fsp3) is 0. The van der Waals surface area contributed by atoms with E-state index in [0.717, 1.165) is 16.4 Å². The Balaban J connectivity index is 2.57. The summed E-state index contributed by atoms with van der Waals surface area (Å²) in [6.07, 6.45) is 1.72. The summed E-state index contributed by atoms with van der Waals surface area (Å²) in [5.74, 6) is 0. The number of fused-ring (bicyclic) bond motifs is 3. The third-order valence-electron chi connectivity index (χ3n) is 2.27. The second kappa shape index (κ2) is 2.48. The molecule has 0 aliphatic heterocycles. The maximum Gasteiger partial charge on any atom is 0.227 e. The van der Waals surface area contributed by atoms with Gasteiger partial charge in [-0.1, -0.05) is 0 Å².